The summed E-state index contributed by atoms with van der Waals surface area (Å²) in [5.74, 6) is 0. The van der Waals surface area contributed by atoms with Gasteiger partial charge < -0.3 is 0 Å². The van der Waals surface area contributed by atoms with Crippen LogP contribution in [-0.4, -0.2) is 0 Å². The maximum Gasteiger partial charge on any atom is 0.0955 e. The van der Waals surface area contributed by atoms with Gasteiger partial charge in [0.25, 0.3) is 0 Å². The van der Waals surface area contributed by atoms with E-state index in [-0.39, 0.29) is 6.04 Å². The van der Waals surface area contributed by atoms with E-state index >= 15 is 0 Å². The summed E-state index contributed by atoms with van der Waals surface area (Å²) < 4.78 is 0. The number of fused-ring (bicyclic) bond motifs is 1. The second kappa shape index (κ2) is 1.90. The quantitative estimate of drug-likeness (QED) is 0.518. The monoisotopic (exact) mass is 132 g/mol. The molecule has 2 nitrogen and oxygen atoms in total. The van der Waals surface area contributed by atoms with Crippen molar-refractivity contribution in [2.45, 2.75) is 13.0 Å². The third-order valence-corrected chi connectivity index (χ3v) is 1.73. The number of azo groups is 1. The molecule has 0 saturated carbocycles. The summed E-state index contributed by atoms with van der Waals surface area (Å²) in [4.78, 5) is 0. The van der Waals surface area contributed by atoms with Crippen molar-refractivity contribution in [3.8, 4) is 0 Å². The molecule has 1 atom stereocenters. The van der Waals surface area contributed by atoms with E-state index in [1.54, 1.807) is 0 Å². The molecule has 10 heavy (non-hydrogen) atoms. The standard InChI is InChI=1S/C8H8N2/c1-6-7-4-2-3-5-8(7)10-9-6/h2-6H,1H3. The summed E-state index contributed by atoms with van der Waals surface area (Å²) in [5, 5.41) is 8.03. The molecule has 0 amide bonds. The largest absolute Gasteiger partial charge is 0.181 e. The maximum absolute atomic E-state index is 4.03. The Morgan fingerprint density at radius 1 is 1.30 bits per heavy atom. The Labute approximate surface area is 59.6 Å². The van der Waals surface area contributed by atoms with Crippen molar-refractivity contribution in [2.75, 3.05) is 0 Å². The Bertz CT molecular complexity index is 278. The molecule has 50 valence electrons. The number of hydrogen-bond donors (Lipinski definition) is 0. The van der Waals surface area contributed by atoms with Crippen LogP contribution in [0.3, 0.4) is 0 Å². The Kier molecular flexibility index (Phi) is 1.07. The molecule has 0 aliphatic carbocycles. The molecule has 0 fully saturated rings. The lowest BCUT2D eigenvalue weighted by Gasteiger charge is -1.97. The van der Waals surface area contributed by atoms with Crippen LogP contribution < -0.4 is 0 Å². The van der Waals surface area contributed by atoms with Crippen LogP contribution >= 0.6 is 0 Å². The highest BCUT2D eigenvalue weighted by Gasteiger charge is 2.13. The van der Waals surface area contributed by atoms with Crippen molar-refractivity contribution in [1.29, 1.82) is 0 Å². The van der Waals surface area contributed by atoms with Crippen molar-refractivity contribution in [2.24, 2.45) is 10.2 Å². The summed E-state index contributed by atoms with van der Waals surface area (Å²) in [6, 6.07) is 8.32. The van der Waals surface area contributed by atoms with Gasteiger partial charge in [-0.15, -0.1) is 0 Å². The van der Waals surface area contributed by atoms with Crippen molar-refractivity contribution in [3.05, 3.63) is 29.8 Å². The third-order valence-electron chi connectivity index (χ3n) is 1.73. The van der Waals surface area contributed by atoms with Gasteiger partial charge >= 0.3 is 0 Å². The van der Waals surface area contributed by atoms with Gasteiger partial charge in [0.15, 0.2) is 0 Å². The number of rotatable bonds is 0. The van der Waals surface area contributed by atoms with Crippen LogP contribution in [0.4, 0.5) is 5.69 Å². The number of hydrogen-bond acceptors (Lipinski definition) is 2. The summed E-state index contributed by atoms with van der Waals surface area (Å²) in [5.41, 5.74) is 2.26. The van der Waals surface area contributed by atoms with Gasteiger partial charge in [0.2, 0.25) is 0 Å². The SMILES string of the molecule is CC1N=Nc2ccccc21. The fourth-order valence-electron chi connectivity index (χ4n) is 1.14. The van der Waals surface area contributed by atoms with E-state index in [1.165, 1.54) is 5.56 Å². The third kappa shape index (κ3) is 0.652. The minimum absolute atomic E-state index is 0.260. The Hall–Kier alpha value is -1.18. The van der Waals surface area contributed by atoms with Crippen molar-refractivity contribution >= 4 is 5.69 Å². The van der Waals surface area contributed by atoms with Crippen molar-refractivity contribution < 1.29 is 0 Å². The first-order chi connectivity index (χ1) is 4.88. The van der Waals surface area contributed by atoms with E-state index in [0.717, 1.165) is 5.69 Å². The highest BCUT2D eigenvalue weighted by molar-refractivity contribution is 5.48. The minimum Gasteiger partial charge on any atom is -0.181 e. The van der Waals surface area contributed by atoms with Crippen LogP contribution in [0, 0.1) is 0 Å². The van der Waals surface area contributed by atoms with E-state index in [4.69, 9.17) is 0 Å². The molecule has 2 heteroatoms. The Morgan fingerprint density at radius 3 is 2.90 bits per heavy atom. The van der Waals surface area contributed by atoms with E-state index < -0.39 is 0 Å². The predicted molar refractivity (Wildman–Crippen MR) is 39.4 cm³/mol. The first kappa shape index (κ1) is 5.59. The van der Waals surface area contributed by atoms with Crippen LogP contribution in [0.5, 0.6) is 0 Å². The zero-order valence-corrected chi connectivity index (χ0v) is 5.78. The highest BCUT2D eigenvalue weighted by Crippen LogP contribution is 2.34. The van der Waals surface area contributed by atoms with Gasteiger partial charge in [0.05, 0.1) is 11.7 Å². The van der Waals surface area contributed by atoms with Gasteiger partial charge in [-0.05, 0) is 13.0 Å². The van der Waals surface area contributed by atoms with Crippen molar-refractivity contribution in [3.63, 3.8) is 0 Å². The average molecular weight is 132 g/mol. The molecule has 0 aromatic heterocycles. The summed E-state index contributed by atoms with van der Waals surface area (Å²) >= 11 is 0. The first-order valence-electron chi connectivity index (χ1n) is 3.38. The first-order valence-corrected chi connectivity index (χ1v) is 3.38. The Morgan fingerprint density at radius 2 is 2.10 bits per heavy atom. The van der Waals surface area contributed by atoms with E-state index in [0.29, 0.717) is 0 Å². The summed E-state index contributed by atoms with van der Waals surface area (Å²) in [6.07, 6.45) is 0. The van der Waals surface area contributed by atoms with Gasteiger partial charge in [-0.2, -0.15) is 10.2 Å². The van der Waals surface area contributed by atoms with Gasteiger partial charge in [-0.1, -0.05) is 18.2 Å². The average Bonchev–Trinajstić information content (AvgIpc) is 2.34. The van der Waals surface area contributed by atoms with Crippen molar-refractivity contribution in [1.82, 2.24) is 0 Å². The van der Waals surface area contributed by atoms with Crippen LogP contribution in [0.15, 0.2) is 34.5 Å². The highest BCUT2D eigenvalue weighted by atomic mass is 15.2. The molecule has 0 spiro atoms. The van der Waals surface area contributed by atoms with Crippen LogP contribution in [0.2, 0.25) is 0 Å². The van der Waals surface area contributed by atoms with Crippen LogP contribution in [-0.2, 0) is 0 Å². The normalized spacial score (nSPS) is 21.1. The molecule has 1 heterocycles. The van der Waals surface area contributed by atoms with Gasteiger partial charge in [-0.25, -0.2) is 0 Å². The van der Waals surface area contributed by atoms with Gasteiger partial charge in [0, 0.05) is 5.56 Å². The number of benzene rings is 1. The van der Waals surface area contributed by atoms with E-state index in [1.807, 2.05) is 18.2 Å². The smallest absolute Gasteiger partial charge is 0.0955 e. The molecule has 1 aliphatic rings. The lowest BCUT2D eigenvalue weighted by molar-refractivity contribution is 0.811. The molecule has 0 saturated heterocycles. The molecule has 0 N–H and O–H groups in total. The van der Waals surface area contributed by atoms with Crippen LogP contribution in [0.25, 0.3) is 0 Å². The summed E-state index contributed by atoms with van der Waals surface area (Å²) in [7, 11) is 0. The van der Waals surface area contributed by atoms with E-state index in [9.17, 15) is 0 Å². The zero-order chi connectivity index (χ0) is 6.97. The maximum atomic E-state index is 4.03. The van der Waals surface area contributed by atoms with Gasteiger partial charge in [0.1, 0.15) is 0 Å². The molecule has 1 aromatic carbocycles. The Balaban J connectivity index is 2.59. The summed E-state index contributed by atoms with van der Waals surface area (Å²) in [6.45, 7) is 2.05. The molecule has 1 unspecified atom stereocenters. The second-order valence-electron chi connectivity index (χ2n) is 2.45. The predicted octanol–water partition coefficient (Wildman–Crippen LogP) is 2.84. The van der Waals surface area contributed by atoms with Gasteiger partial charge in [-0.3, -0.25) is 0 Å². The molecular formula is C8H8N2. The zero-order valence-electron chi connectivity index (χ0n) is 5.78. The fraction of sp³-hybridized carbons (Fsp3) is 0.250. The second-order valence-corrected chi connectivity index (χ2v) is 2.45. The molecule has 0 bridgehead atoms. The minimum atomic E-state index is 0.260. The topological polar surface area (TPSA) is 24.7 Å². The number of nitrogens with zero attached hydrogens (tertiary/aromatic N) is 2. The lowest BCUT2D eigenvalue weighted by Crippen LogP contribution is -1.81. The molecule has 1 aliphatic heterocycles. The van der Waals surface area contributed by atoms with E-state index in [2.05, 4.69) is 23.2 Å². The molecule has 0 radical (unpaired) electrons. The lowest BCUT2D eigenvalue weighted by atomic mass is 10.1. The van der Waals surface area contributed by atoms with Crippen LogP contribution in [0.1, 0.15) is 18.5 Å². The molecular weight excluding hydrogens is 124 g/mol. The molecule has 2 rings (SSSR count). The molecule has 1 aromatic rings. The fourth-order valence-corrected chi connectivity index (χ4v) is 1.14.